The van der Waals surface area contributed by atoms with Crippen LogP contribution < -0.4 is 11.1 Å². The van der Waals surface area contributed by atoms with Gasteiger partial charge in [0.25, 0.3) is 5.91 Å². The second-order valence-electron chi connectivity index (χ2n) is 3.99. The summed E-state index contributed by atoms with van der Waals surface area (Å²) in [5, 5.41) is 2.48. The largest absolute Gasteiger partial charge is 0.397 e. The number of hydrogen-bond acceptors (Lipinski definition) is 3. The molecule has 1 heterocycles. The van der Waals surface area contributed by atoms with Gasteiger partial charge in [0.2, 0.25) is 0 Å². The number of carbonyl (C=O) groups is 1. The molecule has 0 saturated carbocycles. The normalized spacial score (nSPS) is 10.3. The zero-order valence-electron chi connectivity index (χ0n) is 10.1. The number of amides is 1. The molecular weight excluding hydrogens is 269 g/mol. The molecule has 4 nitrogen and oxygen atoms in total. The van der Waals surface area contributed by atoms with Gasteiger partial charge in [0.1, 0.15) is 11.0 Å². The van der Waals surface area contributed by atoms with Crippen molar-refractivity contribution in [1.82, 2.24) is 4.98 Å². The molecule has 0 bridgehead atoms. The molecule has 0 unspecified atom stereocenters. The van der Waals surface area contributed by atoms with Crippen LogP contribution in [0.3, 0.4) is 0 Å². The zero-order valence-corrected chi connectivity index (χ0v) is 10.8. The summed E-state index contributed by atoms with van der Waals surface area (Å²) in [4.78, 5) is 15.8. The average Bonchev–Trinajstić information content (AvgIpc) is 2.37. The van der Waals surface area contributed by atoms with Crippen LogP contribution in [0, 0.1) is 12.7 Å². The third kappa shape index (κ3) is 2.82. The molecule has 1 aromatic heterocycles. The van der Waals surface area contributed by atoms with E-state index in [1.54, 1.807) is 19.1 Å². The first-order chi connectivity index (χ1) is 8.99. The number of nitrogens with one attached hydrogen (secondary N) is 1. The number of rotatable bonds is 2. The van der Waals surface area contributed by atoms with Crippen LogP contribution in [0.2, 0.25) is 5.15 Å². The second-order valence-corrected chi connectivity index (χ2v) is 4.35. The summed E-state index contributed by atoms with van der Waals surface area (Å²) in [7, 11) is 0. The molecule has 0 aliphatic rings. The topological polar surface area (TPSA) is 68.0 Å². The molecule has 0 spiro atoms. The Balaban J connectivity index is 2.34. The molecule has 0 saturated heterocycles. The molecule has 1 aromatic carbocycles. The number of pyridine rings is 1. The Hall–Kier alpha value is -2.14. The minimum Gasteiger partial charge on any atom is -0.397 e. The average molecular weight is 280 g/mol. The highest BCUT2D eigenvalue weighted by molar-refractivity contribution is 6.33. The Morgan fingerprint density at radius 3 is 2.89 bits per heavy atom. The predicted octanol–water partition coefficient (Wildman–Crippen LogP) is 3.02. The van der Waals surface area contributed by atoms with E-state index < -0.39 is 11.7 Å². The van der Waals surface area contributed by atoms with Crippen molar-refractivity contribution in [2.24, 2.45) is 0 Å². The molecule has 2 rings (SSSR count). The molecule has 6 heteroatoms. The lowest BCUT2D eigenvalue weighted by Gasteiger charge is -2.10. The van der Waals surface area contributed by atoms with Gasteiger partial charge in [-0.3, -0.25) is 4.79 Å². The summed E-state index contributed by atoms with van der Waals surface area (Å²) in [6.45, 7) is 1.69. The van der Waals surface area contributed by atoms with Gasteiger partial charge >= 0.3 is 0 Å². The van der Waals surface area contributed by atoms with Gasteiger partial charge in [-0.05, 0) is 24.6 Å². The lowest BCUT2D eigenvalue weighted by Crippen LogP contribution is -2.15. The number of nitrogens with two attached hydrogens (primary N) is 1. The Labute approximate surface area is 114 Å². The molecule has 98 valence electrons. The molecule has 2 aromatic rings. The minimum absolute atomic E-state index is 0.0145. The number of halogens is 2. The van der Waals surface area contributed by atoms with Gasteiger partial charge in [0.15, 0.2) is 0 Å². The molecular formula is C13H11ClFN3O. The quantitative estimate of drug-likeness (QED) is 0.830. The van der Waals surface area contributed by atoms with E-state index in [1.165, 1.54) is 18.3 Å². The van der Waals surface area contributed by atoms with E-state index in [0.29, 0.717) is 11.3 Å². The van der Waals surface area contributed by atoms with Crippen LogP contribution >= 0.6 is 11.6 Å². The molecule has 19 heavy (non-hydrogen) atoms. The van der Waals surface area contributed by atoms with Crippen LogP contribution in [0.1, 0.15) is 15.9 Å². The fraction of sp³-hybridized carbons (Fsp3) is 0.0769. The summed E-state index contributed by atoms with van der Waals surface area (Å²) in [6.07, 6.45) is 1.34. The van der Waals surface area contributed by atoms with E-state index in [-0.39, 0.29) is 16.4 Å². The first-order valence-electron chi connectivity index (χ1n) is 5.46. The van der Waals surface area contributed by atoms with E-state index in [9.17, 15) is 9.18 Å². The predicted molar refractivity (Wildman–Crippen MR) is 72.7 cm³/mol. The number of nitrogens with zero attached hydrogens (tertiary/aromatic N) is 1. The molecule has 3 N–H and O–H groups in total. The van der Waals surface area contributed by atoms with Crippen molar-refractivity contribution in [3.8, 4) is 0 Å². The van der Waals surface area contributed by atoms with Crippen LogP contribution in [0.25, 0.3) is 0 Å². The monoisotopic (exact) mass is 279 g/mol. The number of anilines is 2. The minimum atomic E-state index is -0.557. The first-order valence-corrected chi connectivity index (χ1v) is 5.84. The molecule has 0 fully saturated rings. The molecule has 0 atom stereocenters. The SMILES string of the molecule is Cc1cccc(F)c1NC(=O)c1cc(N)cnc1Cl. The van der Waals surface area contributed by atoms with E-state index in [4.69, 9.17) is 17.3 Å². The van der Waals surface area contributed by atoms with E-state index in [1.807, 2.05) is 0 Å². The molecule has 0 radical (unpaired) electrons. The van der Waals surface area contributed by atoms with Crippen LogP contribution in [0.4, 0.5) is 15.8 Å². The number of nitrogen functional groups attached to an aromatic ring is 1. The third-order valence-corrected chi connectivity index (χ3v) is 2.87. The highest BCUT2D eigenvalue weighted by atomic mass is 35.5. The van der Waals surface area contributed by atoms with Gasteiger partial charge in [0.05, 0.1) is 23.1 Å². The number of para-hydroxylation sites is 1. The highest BCUT2D eigenvalue weighted by Crippen LogP contribution is 2.22. The Bertz CT molecular complexity index is 626. The van der Waals surface area contributed by atoms with Gasteiger partial charge < -0.3 is 11.1 Å². The standard InChI is InChI=1S/C13H11ClFN3O/c1-7-3-2-4-10(15)11(7)18-13(19)9-5-8(16)6-17-12(9)14/h2-6H,16H2,1H3,(H,18,19). The number of carbonyl (C=O) groups excluding carboxylic acids is 1. The maximum atomic E-state index is 13.6. The maximum Gasteiger partial charge on any atom is 0.258 e. The number of aryl methyl sites for hydroxylation is 1. The van der Waals surface area contributed by atoms with Gasteiger partial charge in [-0.25, -0.2) is 9.37 Å². The summed E-state index contributed by atoms with van der Waals surface area (Å²) < 4.78 is 13.6. The Morgan fingerprint density at radius 1 is 1.47 bits per heavy atom. The zero-order chi connectivity index (χ0) is 14.0. The highest BCUT2D eigenvalue weighted by Gasteiger charge is 2.15. The summed E-state index contributed by atoms with van der Waals surface area (Å²) in [5.74, 6) is -1.07. The third-order valence-electron chi connectivity index (χ3n) is 2.57. The second kappa shape index (κ2) is 5.24. The van der Waals surface area contributed by atoms with Gasteiger partial charge in [0, 0.05) is 0 Å². The van der Waals surface area contributed by atoms with Gasteiger partial charge in [-0.15, -0.1) is 0 Å². The number of aromatic nitrogens is 1. The fourth-order valence-electron chi connectivity index (χ4n) is 1.59. The number of hydrogen-bond donors (Lipinski definition) is 2. The van der Waals surface area contributed by atoms with E-state index in [0.717, 1.165) is 0 Å². The smallest absolute Gasteiger partial charge is 0.258 e. The van der Waals surface area contributed by atoms with Crippen molar-refractivity contribution in [2.45, 2.75) is 6.92 Å². The van der Waals surface area contributed by atoms with Crippen LogP contribution in [-0.2, 0) is 0 Å². The van der Waals surface area contributed by atoms with Gasteiger partial charge in [-0.2, -0.15) is 0 Å². The van der Waals surface area contributed by atoms with Crippen molar-refractivity contribution < 1.29 is 9.18 Å². The summed E-state index contributed by atoms with van der Waals surface area (Å²) >= 11 is 5.82. The van der Waals surface area contributed by atoms with E-state index >= 15 is 0 Å². The van der Waals surface area contributed by atoms with Crippen LogP contribution in [0.15, 0.2) is 30.5 Å². The molecule has 0 aliphatic heterocycles. The maximum absolute atomic E-state index is 13.6. The van der Waals surface area contributed by atoms with Crippen molar-refractivity contribution in [3.63, 3.8) is 0 Å². The molecule has 0 aliphatic carbocycles. The van der Waals surface area contributed by atoms with Crippen molar-refractivity contribution in [2.75, 3.05) is 11.1 Å². The lowest BCUT2D eigenvalue weighted by molar-refractivity contribution is 0.102. The van der Waals surface area contributed by atoms with Gasteiger partial charge in [-0.1, -0.05) is 23.7 Å². The fourth-order valence-corrected chi connectivity index (χ4v) is 1.78. The Morgan fingerprint density at radius 2 is 2.21 bits per heavy atom. The number of benzene rings is 1. The van der Waals surface area contributed by atoms with Crippen LogP contribution in [0.5, 0.6) is 0 Å². The van der Waals surface area contributed by atoms with Crippen molar-refractivity contribution >= 4 is 28.9 Å². The van der Waals surface area contributed by atoms with Crippen molar-refractivity contribution in [3.05, 3.63) is 52.6 Å². The van der Waals surface area contributed by atoms with Crippen LogP contribution in [-0.4, -0.2) is 10.9 Å². The lowest BCUT2D eigenvalue weighted by atomic mass is 10.1. The summed E-state index contributed by atoms with van der Waals surface area (Å²) in [5.41, 5.74) is 6.68. The van der Waals surface area contributed by atoms with Crippen molar-refractivity contribution in [1.29, 1.82) is 0 Å². The Kier molecular flexibility index (Phi) is 3.66. The van der Waals surface area contributed by atoms with E-state index in [2.05, 4.69) is 10.3 Å². The first kappa shape index (κ1) is 13.3. The molecule has 1 amide bonds. The summed E-state index contributed by atoms with van der Waals surface area (Å²) in [6, 6.07) is 5.91.